The average molecular weight is 399 g/mol. The molecule has 3 aromatic rings. The first-order valence-corrected chi connectivity index (χ1v) is 10.1. The van der Waals surface area contributed by atoms with Crippen LogP contribution in [0.5, 0.6) is 0 Å². The molecule has 0 atom stereocenters. The summed E-state index contributed by atoms with van der Waals surface area (Å²) in [6, 6.07) is 19.0. The summed E-state index contributed by atoms with van der Waals surface area (Å²) in [6.45, 7) is 0.186. The van der Waals surface area contributed by atoms with Gasteiger partial charge >= 0.3 is 0 Å². The van der Waals surface area contributed by atoms with E-state index >= 15 is 0 Å². The number of rotatable bonds is 8. The summed E-state index contributed by atoms with van der Waals surface area (Å²) >= 11 is 0. The molecule has 7 nitrogen and oxygen atoms in total. The highest BCUT2D eigenvalue weighted by Gasteiger charge is 2.16. The maximum atomic E-state index is 12.5. The minimum atomic E-state index is -3.73. The van der Waals surface area contributed by atoms with Gasteiger partial charge in [0.25, 0.3) is 0 Å². The second kappa shape index (κ2) is 8.73. The number of para-hydroxylation sites is 1. The van der Waals surface area contributed by atoms with Crippen molar-refractivity contribution in [3.05, 3.63) is 78.8 Å². The summed E-state index contributed by atoms with van der Waals surface area (Å²) in [5.74, 6) is 0.265. The molecule has 0 aliphatic rings. The molecule has 0 radical (unpaired) electrons. The molecule has 1 amide bonds. The first kappa shape index (κ1) is 19.7. The number of likely N-dealkylation sites (N-methyl/N-ethyl adjacent to an activating group) is 1. The van der Waals surface area contributed by atoms with Gasteiger partial charge in [0.2, 0.25) is 15.9 Å². The lowest BCUT2D eigenvalue weighted by Gasteiger charge is -2.18. The van der Waals surface area contributed by atoms with Gasteiger partial charge in [-0.25, -0.2) is 13.1 Å². The Balaban J connectivity index is 1.63. The number of nitrogens with zero attached hydrogens (tertiary/aromatic N) is 1. The zero-order valence-electron chi connectivity index (χ0n) is 15.3. The molecule has 0 saturated carbocycles. The van der Waals surface area contributed by atoms with Crippen LogP contribution in [0.2, 0.25) is 0 Å². The summed E-state index contributed by atoms with van der Waals surface area (Å²) in [4.78, 5) is 14.2. The minimum Gasteiger partial charge on any atom is -0.468 e. The number of benzene rings is 2. The third-order valence-corrected chi connectivity index (χ3v) is 5.42. The summed E-state index contributed by atoms with van der Waals surface area (Å²) < 4.78 is 32.5. The number of carbonyl (C=O) groups excluding carboxylic acids is 1. The number of hydrogen-bond acceptors (Lipinski definition) is 5. The molecule has 0 saturated heterocycles. The van der Waals surface area contributed by atoms with E-state index in [1.54, 1.807) is 29.2 Å². The van der Waals surface area contributed by atoms with Crippen LogP contribution < -0.4 is 14.9 Å². The first-order chi connectivity index (χ1) is 13.4. The standard InChI is InChI=1S/C20H21N3O4S/c1-23(17-8-3-2-4-9-17)15-20(24)22-16-7-5-11-19(13-16)28(25,26)21-14-18-10-6-12-27-18/h2-13,21H,14-15H2,1H3,(H,22,24). The first-order valence-electron chi connectivity index (χ1n) is 8.62. The summed E-state index contributed by atoms with van der Waals surface area (Å²) in [7, 11) is -1.92. The van der Waals surface area contributed by atoms with Crippen molar-refractivity contribution in [2.24, 2.45) is 0 Å². The van der Waals surface area contributed by atoms with Crippen LogP contribution >= 0.6 is 0 Å². The Labute approximate surface area is 164 Å². The molecule has 3 rings (SSSR count). The third-order valence-electron chi connectivity index (χ3n) is 4.02. The van der Waals surface area contributed by atoms with Gasteiger partial charge in [-0.1, -0.05) is 24.3 Å². The fraction of sp³-hybridized carbons (Fsp3) is 0.150. The molecule has 2 N–H and O–H groups in total. The highest BCUT2D eigenvalue weighted by molar-refractivity contribution is 7.89. The van der Waals surface area contributed by atoms with Crippen LogP contribution in [0, 0.1) is 0 Å². The Kier molecular flexibility index (Phi) is 6.13. The van der Waals surface area contributed by atoms with Gasteiger partial charge in [-0.15, -0.1) is 0 Å². The van der Waals surface area contributed by atoms with Crippen molar-refractivity contribution in [1.29, 1.82) is 0 Å². The maximum Gasteiger partial charge on any atom is 0.243 e. The van der Waals surface area contributed by atoms with Gasteiger partial charge in [0.05, 0.1) is 24.2 Å². The average Bonchev–Trinajstić information content (AvgIpc) is 3.21. The number of sulfonamides is 1. The van der Waals surface area contributed by atoms with Gasteiger partial charge < -0.3 is 14.6 Å². The molecular formula is C20H21N3O4S. The van der Waals surface area contributed by atoms with E-state index in [-0.39, 0.29) is 23.9 Å². The molecule has 0 aliphatic heterocycles. The molecule has 0 unspecified atom stereocenters. The lowest BCUT2D eigenvalue weighted by Crippen LogP contribution is -2.30. The molecule has 1 heterocycles. The molecule has 1 aromatic heterocycles. The van der Waals surface area contributed by atoms with Gasteiger partial charge in [-0.3, -0.25) is 4.79 Å². The topological polar surface area (TPSA) is 91.7 Å². The molecule has 0 fully saturated rings. The molecule has 0 aliphatic carbocycles. The van der Waals surface area contributed by atoms with Crippen molar-refractivity contribution < 1.29 is 17.6 Å². The van der Waals surface area contributed by atoms with E-state index in [2.05, 4.69) is 10.0 Å². The fourth-order valence-corrected chi connectivity index (χ4v) is 3.63. The monoisotopic (exact) mass is 399 g/mol. The second-order valence-electron chi connectivity index (χ2n) is 6.17. The van der Waals surface area contributed by atoms with E-state index in [0.29, 0.717) is 11.4 Å². The van der Waals surface area contributed by atoms with Crippen LogP contribution in [0.1, 0.15) is 5.76 Å². The zero-order valence-corrected chi connectivity index (χ0v) is 16.1. The minimum absolute atomic E-state index is 0.0494. The Bertz CT molecular complexity index is 1020. The Morgan fingerprint density at radius 3 is 2.54 bits per heavy atom. The van der Waals surface area contributed by atoms with Crippen LogP contribution in [0.15, 0.2) is 82.3 Å². The summed E-state index contributed by atoms with van der Waals surface area (Å²) in [6.07, 6.45) is 1.48. The Hall–Kier alpha value is -3.10. The number of furan rings is 1. The fourth-order valence-electron chi connectivity index (χ4n) is 2.59. The number of carbonyl (C=O) groups is 1. The van der Waals surface area contributed by atoms with Crippen molar-refractivity contribution in [3.63, 3.8) is 0 Å². The highest BCUT2D eigenvalue weighted by Crippen LogP contribution is 2.17. The molecule has 28 heavy (non-hydrogen) atoms. The predicted octanol–water partition coefficient (Wildman–Crippen LogP) is 2.83. The molecule has 0 spiro atoms. The summed E-state index contributed by atoms with van der Waals surface area (Å²) in [5.41, 5.74) is 1.32. The molecule has 2 aromatic carbocycles. The van der Waals surface area contributed by atoms with Crippen molar-refractivity contribution in [3.8, 4) is 0 Å². The number of amides is 1. The van der Waals surface area contributed by atoms with Crippen LogP contribution in [0.3, 0.4) is 0 Å². The Morgan fingerprint density at radius 2 is 1.82 bits per heavy atom. The van der Waals surface area contributed by atoms with Gasteiger partial charge in [-0.05, 0) is 42.5 Å². The van der Waals surface area contributed by atoms with E-state index in [1.165, 1.54) is 18.4 Å². The molecule has 0 bridgehead atoms. The SMILES string of the molecule is CN(CC(=O)Nc1cccc(S(=O)(=O)NCc2ccco2)c1)c1ccccc1. The lowest BCUT2D eigenvalue weighted by atomic mass is 10.3. The van der Waals surface area contributed by atoms with Gasteiger partial charge in [0, 0.05) is 18.4 Å². The third kappa shape index (κ3) is 5.21. The number of nitrogens with one attached hydrogen (secondary N) is 2. The van der Waals surface area contributed by atoms with Crippen molar-refractivity contribution in [2.45, 2.75) is 11.4 Å². The van der Waals surface area contributed by atoms with E-state index in [9.17, 15) is 13.2 Å². The molecule has 8 heteroatoms. The predicted molar refractivity (Wildman–Crippen MR) is 108 cm³/mol. The normalized spacial score (nSPS) is 11.2. The van der Waals surface area contributed by atoms with Crippen LogP contribution in [0.25, 0.3) is 0 Å². The van der Waals surface area contributed by atoms with Crippen LogP contribution in [-0.4, -0.2) is 27.9 Å². The van der Waals surface area contributed by atoms with E-state index in [1.807, 2.05) is 37.4 Å². The van der Waals surface area contributed by atoms with E-state index < -0.39 is 10.0 Å². The molecular weight excluding hydrogens is 378 g/mol. The number of anilines is 2. The zero-order chi connectivity index (χ0) is 20.0. The molecule has 146 valence electrons. The Morgan fingerprint density at radius 1 is 1.04 bits per heavy atom. The van der Waals surface area contributed by atoms with Gasteiger partial charge in [0.15, 0.2) is 0 Å². The maximum absolute atomic E-state index is 12.5. The van der Waals surface area contributed by atoms with Gasteiger partial charge in [-0.2, -0.15) is 0 Å². The largest absolute Gasteiger partial charge is 0.468 e. The lowest BCUT2D eigenvalue weighted by molar-refractivity contribution is -0.114. The smallest absolute Gasteiger partial charge is 0.243 e. The van der Waals surface area contributed by atoms with Gasteiger partial charge in [0.1, 0.15) is 5.76 Å². The van der Waals surface area contributed by atoms with Crippen molar-refractivity contribution in [1.82, 2.24) is 4.72 Å². The second-order valence-corrected chi connectivity index (χ2v) is 7.94. The van der Waals surface area contributed by atoms with Crippen molar-refractivity contribution >= 4 is 27.3 Å². The van der Waals surface area contributed by atoms with Crippen LogP contribution in [-0.2, 0) is 21.4 Å². The van der Waals surface area contributed by atoms with E-state index in [0.717, 1.165) is 5.69 Å². The van der Waals surface area contributed by atoms with Crippen molar-refractivity contribution in [2.75, 3.05) is 23.8 Å². The quantitative estimate of drug-likeness (QED) is 0.608. The van der Waals surface area contributed by atoms with Crippen LogP contribution in [0.4, 0.5) is 11.4 Å². The van der Waals surface area contributed by atoms with E-state index in [4.69, 9.17) is 4.42 Å². The summed E-state index contributed by atoms with van der Waals surface area (Å²) in [5, 5.41) is 2.73. The highest BCUT2D eigenvalue weighted by atomic mass is 32.2. The number of hydrogen-bond donors (Lipinski definition) is 2.